The van der Waals surface area contributed by atoms with Crippen molar-refractivity contribution >= 4 is 46.3 Å². The molecule has 118 valence electrons. The van der Waals surface area contributed by atoms with E-state index in [2.05, 4.69) is 5.32 Å². The van der Waals surface area contributed by atoms with Gasteiger partial charge in [0, 0.05) is 11.8 Å². The average Bonchev–Trinajstić information content (AvgIpc) is 2.50. The second kappa shape index (κ2) is 7.31. The van der Waals surface area contributed by atoms with Gasteiger partial charge in [-0.05, 0) is 48.4 Å². The minimum atomic E-state index is -1.05. The van der Waals surface area contributed by atoms with Crippen LogP contribution in [0, 0.1) is 0 Å². The van der Waals surface area contributed by atoms with Crippen molar-refractivity contribution in [3.8, 4) is 0 Å². The third-order valence-electron chi connectivity index (χ3n) is 3.10. The lowest BCUT2D eigenvalue weighted by molar-refractivity contribution is -0.111. The van der Waals surface area contributed by atoms with E-state index in [-0.39, 0.29) is 11.5 Å². The van der Waals surface area contributed by atoms with Crippen LogP contribution in [0.5, 0.6) is 0 Å². The van der Waals surface area contributed by atoms with Gasteiger partial charge in [0.25, 0.3) is 0 Å². The Labute approximate surface area is 143 Å². The molecule has 0 aliphatic rings. The monoisotopic (exact) mass is 349 g/mol. The van der Waals surface area contributed by atoms with Crippen molar-refractivity contribution in [1.29, 1.82) is 0 Å². The third-order valence-corrected chi connectivity index (χ3v) is 3.84. The number of carboxylic acid groups (broad SMARTS) is 1. The van der Waals surface area contributed by atoms with Crippen LogP contribution in [0.25, 0.3) is 5.57 Å². The highest BCUT2D eigenvalue weighted by molar-refractivity contribution is 6.42. The lowest BCUT2D eigenvalue weighted by atomic mass is 10.1. The Morgan fingerprint density at radius 1 is 1.04 bits per heavy atom. The van der Waals surface area contributed by atoms with Crippen LogP contribution in [0.2, 0.25) is 10.0 Å². The van der Waals surface area contributed by atoms with E-state index >= 15 is 0 Å². The summed E-state index contributed by atoms with van der Waals surface area (Å²) in [6.45, 7) is 1.77. The van der Waals surface area contributed by atoms with Crippen molar-refractivity contribution in [2.75, 3.05) is 5.32 Å². The van der Waals surface area contributed by atoms with Crippen molar-refractivity contribution in [1.82, 2.24) is 0 Å². The van der Waals surface area contributed by atoms with Gasteiger partial charge in [0.2, 0.25) is 5.91 Å². The minimum absolute atomic E-state index is 0.105. The molecule has 2 aromatic rings. The summed E-state index contributed by atoms with van der Waals surface area (Å²) in [4.78, 5) is 22.9. The summed E-state index contributed by atoms with van der Waals surface area (Å²) in [6.07, 6.45) is 1.41. The Kier molecular flexibility index (Phi) is 5.42. The molecule has 0 saturated carbocycles. The van der Waals surface area contributed by atoms with Crippen LogP contribution in [-0.2, 0) is 4.79 Å². The number of hydrogen-bond acceptors (Lipinski definition) is 2. The number of rotatable bonds is 4. The maximum Gasteiger partial charge on any atom is 0.335 e. The molecule has 0 aliphatic carbocycles. The summed E-state index contributed by atoms with van der Waals surface area (Å²) in [5, 5.41) is 12.4. The van der Waals surface area contributed by atoms with Crippen LogP contribution in [0.4, 0.5) is 5.69 Å². The lowest BCUT2D eigenvalue weighted by Crippen LogP contribution is -2.09. The number of hydrogen-bond donors (Lipinski definition) is 2. The number of carboxylic acids is 1. The molecule has 0 radical (unpaired) electrons. The fourth-order valence-corrected chi connectivity index (χ4v) is 2.23. The Balaban J connectivity index is 2.15. The van der Waals surface area contributed by atoms with Crippen molar-refractivity contribution in [2.24, 2.45) is 0 Å². The molecule has 6 heteroatoms. The van der Waals surface area contributed by atoms with E-state index < -0.39 is 5.97 Å². The first-order chi connectivity index (χ1) is 10.9. The normalized spacial score (nSPS) is 11.2. The molecule has 1 amide bonds. The number of aromatic carboxylic acids is 1. The Morgan fingerprint density at radius 2 is 1.78 bits per heavy atom. The number of carbonyl (C=O) groups is 2. The molecular weight excluding hydrogens is 337 g/mol. The van der Waals surface area contributed by atoms with Gasteiger partial charge in [-0.15, -0.1) is 0 Å². The van der Waals surface area contributed by atoms with Gasteiger partial charge in [0.1, 0.15) is 0 Å². The van der Waals surface area contributed by atoms with E-state index in [0.717, 1.165) is 5.56 Å². The van der Waals surface area contributed by atoms with Gasteiger partial charge < -0.3 is 10.4 Å². The van der Waals surface area contributed by atoms with Crippen molar-refractivity contribution in [2.45, 2.75) is 6.92 Å². The van der Waals surface area contributed by atoms with Crippen LogP contribution in [0.3, 0.4) is 0 Å². The average molecular weight is 350 g/mol. The molecule has 23 heavy (non-hydrogen) atoms. The molecule has 2 N–H and O–H groups in total. The summed E-state index contributed by atoms with van der Waals surface area (Å²) < 4.78 is 0. The highest BCUT2D eigenvalue weighted by Crippen LogP contribution is 2.26. The molecule has 0 saturated heterocycles. The molecule has 0 unspecified atom stereocenters. The smallest absolute Gasteiger partial charge is 0.335 e. The summed E-state index contributed by atoms with van der Waals surface area (Å²) >= 11 is 11.8. The molecule has 0 bridgehead atoms. The number of anilines is 1. The maximum absolute atomic E-state index is 12.0. The number of halogens is 2. The molecule has 0 fully saturated rings. The van der Waals surface area contributed by atoms with Gasteiger partial charge in [0.05, 0.1) is 15.6 Å². The zero-order valence-electron chi connectivity index (χ0n) is 12.1. The van der Waals surface area contributed by atoms with E-state index in [1.165, 1.54) is 18.2 Å². The molecule has 0 aromatic heterocycles. The molecule has 0 aliphatic heterocycles. The lowest BCUT2D eigenvalue weighted by Gasteiger charge is -2.06. The third kappa shape index (κ3) is 4.58. The summed E-state index contributed by atoms with van der Waals surface area (Å²) in [5.74, 6) is -1.42. The van der Waals surface area contributed by atoms with Crippen LogP contribution in [0.15, 0.2) is 48.5 Å². The number of benzene rings is 2. The molecule has 0 heterocycles. The minimum Gasteiger partial charge on any atom is -0.478 e. The van der Waals surface area contributed by atoms with Crippen LogP contribution in [0.1, 0.15) is 22.8 Å². The highest BCUT2D eigenvalue weighted by atomic mass is 35.5. The molecule has 4 nitrogen and oxygen atoms in total. The molecular formula is C17H13Cl2NO3. The van der Waals surface area contributed by atoms with Gasteiger partial charge in [-0.2, -0.15) is 0 Å². The van der Waals surface area contributed by atoms with Crippen molar-refractivity contribution in [3.63, 3.8) is 0 Å². The predicted octanol–water partition coefficient (Wildman–Crippen LogP) is 4.73. The fourth-order valence-electron chi connectivity index (χ4n) is 1.93. The highest BCUT2D eigenvalue weighted by Gasteiger charge is 2.06. The molecule has 0 atom stereocenters. The molecule has 2 rings (SSSR count). The van der Waals surface area contributed by atoms with E-state index in [0.29, 0.717) is 21.3 Å². The molecule has 0 spiro atoms. The number of carbonyl (C=O) groups excluding carboxylic acids is 1. The number of amides is 1. The van der Waals surface area contributed by atoms with E-state index in [1.807, 2.05) is 0 Å². The van der Waals surface area contributed by atoms with Crippen LogP contribution >= 0.6 is 23.2 Å². The fraction of sp³-hybridized carbons (Fsp3) is 0.0588. The van der Waals surface area contributed by atoms with Gasteiger partial charge in [-0.3, -0.25) is 4.79 Å². The van der Waals surface area contributed by atoms with Crippen molar-refractivity contribution < 1.29 is 14.7 Å². The zero-order valence-corrected chi connectivity index (χ0v) is 13.7. The summed E-state index contributed by atoms with van der Waals surface area (Å²) in [5.41, 5.74) is 1.99. The first-order valence-corrected chi connectivity index (χ1v) is 7.40. The van der Waals surface area contributed by atoms with Crippen LogP contribution in [-0.4, -0.2) is 17.0 Å². The quantitative estimate of drug-likeness (QED) is 0.783. The predicted molar refractivity (Wildman–Crippen MR) is 92.1 cm³/mol. The Morgan fingerprint density at radius 3 is 2.43 bits per heavy atom. The topological polar surface area (TPSA) is 66.4 Å². The van der Waals surface area contributed by atoms with Gasteiger partial charge in [-0.25, -0.2) is 4.79 Å². The second-order valence-corrected chi connectivity index (χ2v) is 5.65. The van der Waals surface area contributed by atoms with E-state index in [4.69, 9.17) is 28.3 Å². The number of nitrogens with one attached hydrogen (secondary N) is 1. The van der Waals surface area contributed by atoms with Gasteiger partial charge >= 0.3 is 5.97 Å². The van der Waals surface area contributed by atoms with Gasteiger partial charge in [-0.1, -0.05) is 35.3 Å². The Bertz CT molecular complexity index is 800. The first kappa shape index (κ1) is 17.1. The van der Waals surface area contributed by atoms with E-state index in [1.54, 1.807) is 37.3 Å². The second-order valence-electron chi connectivity index (χ2n) is 4.83. The zero-order chi connectivity index (χ0) is 17.0. The Hall–Kier alpha value is -2.30. The maximum atomic E-state index is 12.0. The summed E-state index contributed by atoms with van der Waals surface area (Å²) in [6, 6.07) is 11.1. The molecule has 2 aromatic carbocycles. The SMILES string of the molecule is CC(=CC(=O)Nc1cccc(C(=O)O)c1)c1ccc(Cl)c(Cl)c1. The standard InChI is InChI=1S/C17H13Cl2NO3/c1-10(11-5-6-14(18)15(19)9-11)7-16(21)20-13-4-2-3-12(8-13)17(22)23/h2-9H,1H3,(H,20,21)(H,22,23). The van der Waals surface area contributed by atoms with Gasteiger partial charge in [0.15, 0.2) is 0 Å². The largest absolute Gasteiger partial charge is 0.478 e. The summed E-state index contributed by atoms with van der Waals surface area (Å²) in [7, 11) is 0. The van der Waals surface area contributed by atoms with Crippen LogP contribution < -0.4 is 5.32 Å². The van der Waals surface area contributed by atoms with Crippen molar-refractivity contribution in [3.05, 3.63) is 69.7 Å². The van der Waals surface area contributed by atoms with E-state index in [9.17, 15) is 9.59 Å². The number of allylic oxidation sites excluding steroid dienone is 1. The first-order valence-electron chi connectivity index (χ1n) is 6.65.